The summed E-state index contributed by atoms with van der Waals surface area (Å²) in [5, 5.41) is 8.78. The van der Waals surface area contributed by atoms with E-state index in [4.69, 9.17) is 9.84 Å². The van der Waals surface area contributed by atoms with Crippen LogP contribution in [0, 0.1) is 0 Å². The number of aliphatic hydroxyl groups is 1. The SMILES string of the molecule is C=CCC(=O)OCCC(C)O. The minimum atomic E-state index is -0.411. The fraction of sp³-hybridized carbons (Fsp3) is 0.625. The molecule has 0 aromatic rings. The molecule has 0 aliphatic rings. The van der Waals surface area contributed by atoms with Crippen LogP contribution in [-0.2, 0) is 9.53 Å². The van der Waals surface area contributed by atoms with Crippen molar-refractivity contribution < 1.29 is 14.6 Å². The second-order valence-corrected chi connectivity index (χ2v) is 2.35. The van der Waals surface area contributed by atoms with Gasteiger partial charge >= 0.3 is 5.97 Å². The molecule has 0 saturated carbocycles. The van der Waals surface area contributed by atoms with Crippen LogP contribution in [-0.4, -0.2) is 23.8 Å². The van der Waals surface area contributed by atoms with Gasteiger partial charge < -0.3 is 9.84 Å². The van der Waals surface area contributed by atoms with Crippen molar-refractivity contribution in [1.29, 1.82) is 0 Å². The third-order valence-electron chi connectivity index (χ3n) is 1.11. The molecule has 0 saturated heterocycles. The van der Waals surface area contributed by atoms with Crippen LogP contribution in [0.15, 0.2) is 12.7 Å². The molecule has 0 fully saturated rings. The molecule has 1 atom stereocenters. The highest BCUT2D eigenvalue weighted by atomic mass is 16.5. The molecule has 0 aromatic carbocycles. The van der Waals surface area contributed by atoms with E-state index < -0.39 is 6.10 Å². The summed E-state index contributed by atoms with van der Waals surface area (Å²) in [5.74, 6) is -0.291. The van der Waals surface area contributed by atoms with E-state index in [-0.39, 0.29) is 19.0 Å². The van der Waals surface area contributed by atoms with Crippen molar-refractivity contribution in [2.24, 2.45) is 0 Å². The first-order valence-corrected chi connectivity index (χ1v) is 3.61. The van der Waals surface area contributed by atoms with Crippen molar-refractivity contribution in [3.63, 3.8) is 0 Å². The Labute approximate surface area is 66.7 Å². The maximum absolute atomic E-state index is 10.6. The maximum Gasteiger partial charge on any atom is 0.309 e. The number of carbonyl (C=O) groups is 1. The number of aliphatic hydroxyl groups excluding tert-OH is 1. The molecule has 3 nitrogen and oxygen atoms in total. The lowest BCUT2D eigenvalue weighted by molar-refractivity contribution is -0.143. The monoisotopic (exact) mass is 158 g/mol. The van der Waals surface area contributed by atoms with E-state index >= 15 is 0 Å². The van der Waals surface area contributed by atoms with Gasteiger partial charge in [0.15, 0.2) is 0 Å². The van der Waals surface area contributed by atoms with E-state index in [9.17, 15) is 4.79 Å². The molecular weight excluding hydrogens is 144 g/mol. The first-order valence-electron chi connectivity index (χ1n) is 3.61. The summed E-state index contributed by atoms with van der Waals surface area (Å²) in [6.45, 7) is 5.33. The summed E-state index contributed by atoms with van der Waals surface area (Å²) in [6, 6.07) is 0. The van der Waals surface area contributed by atoms with Crippen molar-refractivity contribution >= 4 is 5.97 Å². The number of esters is 1. The van der Waals surface area contributed by atoms with Crippen LogP contribution in [0.5, 0.6) is 0 Å². The molecule has 0 rings (SSSR count). The van der Waals surface area contributed by atoms with Gasteiger partial charge in [-0.05, 0) is 6.92 Å². The highest BCUT2D eigenvalue weighted by Crippen LogP contribution is 1.92. The lowest BCUT2D eigenvalue weighted by Crippen LogP contribution is -2.09. The first kappa shape index (κ1) is 10.2. The fourth-order valence-corrected chi connectivity index (χ4v) is 0.520. The topological polar surface area (TPSA) is 46.5 Å². The Hall–Kier alpha value is -0.830. The zero-order valence-electron chi connectivity index (χ0n) is 6.75. The lowest BCUT2D eigenvalue weighted by atomic mass is 10.3. The van der Waals surface area contributed by atoms with Crippen LogP contribution in [0.4, 0.5) is 0 Å². The predicted octanol–water partition coefficient (Wildman–Crippen LogP) is 0.877. The standard InChI is InChI=1S/C8H14O3/c1-3-4-8(10)11-6-5-7(2)9/h3,7,9H,1,4-6H2,2H3. The van der Waals surface area contributed by atoms with E-state index in [0.717, 1.165) is 0 Å². The molecule has 0 aliphatic carbocycles. The molecule has 0 heterocycles. The second-order valence-electron chi connectivity index (χ2n) is 2.35. The van der Waals surface area contributed by atoms with Crippen molar-refractivity contribution in [1.82, 2.24) is 0 Å². The minimum absolute atomic E-state index is 0.236. The van der Waals surface area contributed by atoms with Crippen LogP contribution < -0.4 is 0 Å². The van der Waals surface area contributed by atoms with Gasteiger partial charge in [0.05, 0.1) is 19.1 Å². The van der Waals surface area contributed by atoms with Crippen LogP contribution in [0.3, 0.4) is 0 Å². The highest BCUT2D eigenvalue weighted by molar-refractivity contribution is 5.70. The van der Waals surface area contributed by atoms with E-state index in [0.29, 0.717) is 6.42 Å². The molecule has 11 heavy (non-hydrogen) atoms. The number of ether oxygens (including phenoxy) is 1. The molecule has 1 N–H and O–H groups in total. The molecular formula is C8H14O3. The zero-order chi connectivity index (χ0) is 8.69. The zero-order valence-corrected chi connectivity index (χ0v) is 6.75. The van der Waals surface area contributed by atoms with E-state index in [1.807, 2.05) is 0 Å². The third-order valence-corrected chi connectivity index (χ3v) is 1.11. The van der Waals surface area contributed by atoms with E-state index in [1.165, 1.54) is 6.08 Å². The van der Waals surface area contributed by atoms with Gasteiger partial charge in [-0.15, -0.1) is 6.58 Å². The Kier molecular flexibility index (Phi) is 5.47. The molecule has 0 radical (unpaired) electrons. The average Bonchev–Trinajstić information content (AvgIpc) is 1.87. The van der Waals surface area contributed by atoms with E-state index in [2.05, 4.69) is 6.58 Å². The Balaban J connectivity index is 3.24. The smallest absolute Gasteiger partial charge is 0.309 e. The van der Waals surface area contributed by atoms with Gasteiger partial charge in [0.25, 0.3) is 0 Å². The lowest BCUT2D eigenvalue weighted by Gasteiger charge is -2.04. The predicted molar refractivity (Wildman–Crippen MR) is 42.1 cm³/mol. The fourth-order valence-electron chi connectivity index (χ4n) is 0.520. The number of carbonyl (C=O) groups excluding carboxylic acids is 1. The van der Waals surface area contributed by atoms with Crippen LogP contribution in [0.25, 0.3) is 0 Å². The first-order chi connectivity index (χ1) is 5.16. The Morgan fingerprint density at radius 2 is 2.45 bits per heavy atom. The van der Waals surface area contributed by atoms with Crippen molar-refractivity contribution in [2.75, 3.05) is 6.61 Å². The van der Waals surface area contributed by atoms with Crippen LogP contribution in [0.2, 0.25) is 0 Å². The molecule has 0 spiro atoms. The summed E-state index contributed by atoms with van der Waals surface area (Å²) in [5.41, 5.74) is 0. The molecule has 0 aliphatic heterocycles. The van der Waals surface area contributed by atoms with Gasteiger partial charge in [-0.1, -0.05) is 6.08 Å². The van der Waals surface area contributed by atoms with Crippen molar-refractivity contribution in [3.8, 4) is 0 Å². The normalized spacial score (nSPS) is 12.2. The molecule has 3 heteroatoms. The van der Waals surface area contributed by atoms with Gasteiger partial charge in [-0.3, -0.25) is 4.79 Å². The molecule has 64 valence electrons. The molecule has 1 unspecified atom stereocenters. The van der Waals surface area contributed by atoms with Crippen LogP contribution >= 0.6 is 0 Å². The van der Waals surface area contributed by atoms with Gasteiger partial charge in [-0.2, -0.15) is 0 Å². The van der Waals surface area contributed by atoms with Gasteiger partial charge in [0.1, 0.15) is 0 Å². The Bertz CT molecular complexity index is 129. The summed E-state index contributed by atoms with van der Waals surface area (Å²) < 4.78 is 4.72. The summed E-state index contributed by atoms with van der Waals surface area (Å²) in [6.07, 6.45) is 1.81. The number of hydrogen-bond acceptors (Lipinski definition) is 3. The van der Waals surface area contributed by atoms with Crippen LogP contribution in [0.1, 0.15) is 19.8 Å². The molecule has 0 bridgehead atoms. The second kappa shape index (κ2) is 5.92. The molecule has 0 aromatic heterocycles. The van der Waals surface area contributed by atoms with Crippen molar-refractivity contribution in [2.45, 2.75) is 25.9 Å². The Morgan fingerprint density at radius 1 is 1.82 bits per heavy atom. The average molecular weight is 158 g/mol. The maximum atomic E-state index is 10.6. The Morgan fingerprint density at radius 3 is 2.91 bits per heavy atom. The van der Waals surface area contributed by atoms with Gasteiger partial charge in [0.2, 0.25) is 0 Å². The molecule has 0 amide bonds. The van der Waals surface area contributed by atoms with Crippen molar-refractivity contribution in [3.05, 3.63) is 12.7 Å². The highest BCUT2D eigenvalue weighted by Gasteiger charge is 2.00. The van der Waals surface area contributed by atoms with E-state index in [1.54, 1.807) is 6.92 Å². The number of hydrogen-bond donors (Lipinski definition) is 1. The van der Waals surface area contributed by atoms with Gasteiger partial charge in [0, 0.05) is 6.42 Å². The summed E-state index contributed by atoms with van der Waals surface area (Å²) >= 11 is 0. The number of rotatable bonds is 5. The van der Waals surface area contributed by atoms with Gasteiger partial charge in [-0.25, -0.2) is 0 Å². The summed E-state index contributed by atoms with van der Waals surface area (Å²) in [4.78, 5) is 10.6. The summed E-state index contributed by atoms with van der Waals surface area (Å²) in [7, 11) is 0. The minimum Gasteiger partial charge on any atom is -0.465 e. The quantitative estimate of drug-likeness (QED) is 0.477. The largest absolute Gasteiger partial charge is 0.465 e. The third kappa shape index (κ3) is 7.06.